The summed E-state index contributed by atoms with van der Waals surface area (Å²) in [4.78, 5) is 23.9. The average molecular weight is 500 g/mol. The van der Waals surface area contributed by atoms with Gasteiger partial charge in [-0.3, -0.25) is 9.59 Å². The van der Waals surface area contributed by atoms with E-state index < -0.39 is 44.6 Å². The smallest absolute Gasteiger partial charge is 0.324 e. The quantitative estimate of drug-likeness (QED) is 0.360. The van der Waals surface area contributed by atoms with Crippen LogP contribution in [0.25, 0.3) is 0 Å². The van der Waals surface area contributed by atoms with Gasteiger partial charge in [-0.25, -0.2) is 22.0 Å². The van der Waals surface area contributed by atoms with Crippen LogP contribution in [0, 0.1) is 0 Å². The molecule has 11 nitrogen and oxygen atoms in total. The van der Waals surface area contributed by atoms with E-state index in [0.717, 1.165) is 5.56 Å². The van der Waals surface area contributed by atoms with Gasteiger partial charge in [-0.1, -0.05) is 12.1 Å². The largest absolute Gasteiger partial charge is 0.497 e. The molecule has 33 heavy (non-hydrogen) atoms. The minimum atomic E-state index is -3.98. The number of nitrogens with two attached hydrogens (primary N) is 1. The topological polar surface area (TPSA) is 171 Å². The second-order valence-corrected chi connectivity index (χ2v) is 10.2. The number of benzene rings is 2. The van der Waals surface area contributed by atoms with Crippen LogP contribution in [0.5, 0.6) is 5.75 Å². The number of amides is 1. The van der Waals surface area contributed by atoms with E-state index in [1.54, 1.807) is 12.1 Å². The fourth-order valence-corrected chi connectivity index (χ4v) is 4.32. The summed E-state index contributed by atoms with van der Waals surface area (Å²) in [5, 5.41) is 7.58. The molecule has 2 aromatic carbocycles. The predicted octanol–water partition coefficient (Wildman–Crippen LogP) is -0.0885. The number of methoxy groups -OCH3 is 1. The number of hydrogen-bond donors (Lipinski definition) is 3. The molecule has 0 bridgehead atoms. The van der Waals surface area contributed by atoms with E-state index >= 15 is 0 Å². The SMILES string of the molecule is COc1ccc(S(=O)(=O)N[C@@H](C)C(=O)OCC(=O)NCCc2ccc(S(N)(=O)=O)cc2)cc1. The molecule has 0 unspecified atom stereocenters. The van der Waals surface area contributed by atoms with Gasteiger partial charge in [-0.15, -0.1) is 0 Å². The summed E-state index contributed by atoms with van der Waals surface area (Å²) in [7, 11) is -6.30. The highest BCUT2D eigenvalue weighted by molar-refractivity contribution is 7.89. The van der Waals surface area contributed by atoms with Crippen molar-refractivity contribution in [3.05, 3.63) is 54.1 Å². The van der Waals surface area contributed by atoms with E-state index in [1.165, 1.54) is 50.4 Å². The lowest BCUT2D eigenvalue weighted by atomic mass is 10.1. The molecule has 0 spiro atoms. The summed E-state index contributed by atoms with van der Waals surface area (Å²) in [6, 6.07) is 10.2. The Labute approximate surface area is 192 Å². The zero-order valence-electron chi connectivity index (χ0n) is 18.0. The molecule has 0 aliphatic heterocycles. The van der Waals surface area contributed by atoms with Gasteiger partial charge < -0.3 is 14.8 Å². The molecular weight excluding hydrogens is 474 g/mol. The van der Waals surface area contributed by atoms with Crippen molar-refractivity contribution in [2.45, 2.75) is 29.2 Å². The first-order valence-electron chi connectivity index (χ1n) is 9.64. The van der Waals surface area contributed by atoms with Crippen LogP contribution in [0.4, 0.5) is 0 Å². The number of carbonyl (C=O) groups excluding carboxylic acids is 2. The molecule has 4 N–H and O–H groups in total. The maximum Gasteiger partial charge on any atom is 0.324 e. The van der Waals surface area contributed by atoms with Gasteiger partial charge in [-0.2, -0.15) is 4.72 Å². The van der Waals surface area contributed by atoms with Gasteiger partial charge in [0, 0.05) is 6.54 Å². The lowest BCUT2D eigenvalue weighted by molar-refractivity contribution is -0.149. The van der Waals surface area contributed by atoms with Gasteiger partial charge in [0.15, 0.2) is 6.61 Å². The molecule has 0 radical (unpaired) electrons. The number of rotatable bonds is 11. The zero-order chi connectivity index (χ0) is 24.6. The Balaban J connectivity index is 1.76. The van der Waals surface area contributed by atoms with Crippen LogP contribution in [0.1, 0.15) is 12.5 Å². The first kappa shape index (κ1) is 26.3. The predicted molar refractivity (Wildman–Crippen MR) is 118 cm³/mol. The monoisotopic (exact) mass is 499 g/mol. The Kier molecular flexibility index (Phi) is 8.93. The van der Waals surface area contributed by atoms with Crippen LogP contribution in [-0.4, -0.2) is 55.0 Å². The van der Waals surface area contributed by atoms with Crippen LogP contribution in [0.3, 0.4) is 0 Å². The van der Waals surface area contributed by atoms with Gasteiger partial charge in [0.25, 0.3) is 5.91 Å². The van der Waals surface area contributed by atoms with Crippen LogP contribution in [-0.2, 0) is 40.8 Å². The molecule has 0 fully saturated rings. The molecule has 0 heterocycles. The Bertz CT molecular complexity index is 1180. The Hall–Kier alpha value is -3.00. The summed E-state index contributed by atoms with van der Waals surface area (Å²) in [5.41, 5.74) is 0.765. The third kappa shape index (κ3) is 8.13. The first-order chi connectivity index (χ1) is 15.4. The van der Waals surface area contributed by atoms with Gasteiger partial charge in [0.1, 0.15) is 11.8 Å². The van der Waals surface area contributed by atoms with Crippen molar-refractivity contribution < 1.29 is 35.9 Å². The fraction of sp³-hybridized carbons (Fsp3) is 0.300. The lowest BCUT2D eigenvalue weighted by Gasteiger charge is -2.14. The van der Waals surface area contributed by atoms with Crippen molar-refractivity contribution >= 4 is 31.9 Å². The summed E-state index contributed by atoms with van der Waals surface area (Å²) in [6.45, 7) is 0.926. The van der Waals surface area contributed by atoms with Crippen LogP contribution in [0.15, 0.2) is 58.3 Å². The van der Waals surface area contributed by atoms with Crippen molar-refractivity contribution in [2.24, 2.45) is 5.14 Å². The van der Waals surface area contributed by atoms with E-state index in [2.05, 4.69) is 10.0 Å². The van der Waals surface area contributed by atoms with Crippen LogP contribution >= 0.6 is 0 Å². The number of primary sulfonamides is 1. The van der Waals surface area contributed by atoms with Gasteiger partial charge in [-0.05, 0) is 55.3 Å². The molecule has 2 rings (SSSR count). The Morgan fingerprint density at radius 1 is 0.970 bits per heavy atom. The molecule has 0 aromatic heterocycles. The van der Waals surface area contributed by atoms with Crippen molar-refractivity contribution in [3.8, 4) is 5.75 Å². The van der Waals surface area contributed by atoms with E-state index in [0.29, 0.717) is 12.2 Å². The summed E-state index contributed by atoms with van der Waals surface area (Å²) < 4.78 is 59.2. The minimum Gasteiger partial charge on any atom is -0.497 e. The third-order valence-electron chi connectivity index (χ3n) is 4.39. The molecule has 1 amide bonds. The molecule has 180 valence electrons. The van der Waals surface area contributed by atoms with Gasteiger partial charge >= 0.3 is 5.97 Å². The minimum absolute atomic E-state index is 0.0149. The number of ether oxygens (including phenoxy) is 2. The number of nitrogens with one attached hydrogen (secondary N) is 2. The van der Waals surface area contributed by atoms with E-state index in [4.69, 9.17) is 14.6 Å². The lowest BCUT2D eigenvalue weighted by Crippen LogP contribution is -2.41. The number of carbonyl (C=O) groups is 2. The maximum absolute atomic E-state index is 12.4. The number of esters is 1. The highest BCUT2D eigenvalue weighted by Crippen LogP contribution is 2.15. The first-order valence-corrected chi connectivity index (χ1v) is 12.7. The molecule has 0 saturated heterocycles. The summed E-state index contributed by atoms with van der Waals surface area (Å²) >= 11 is 0. The Morgan fingerprint density at radius 3 is 2.09 bits per heavy atom. The molecule has 0 aliphatic carbocycles. The van der Waals surface area contributed by atoms with E-state index in [1.807, 2.05) is 0 Å². The summed E-state index contributed by atoms with van der Waals surface area (Å²) in [5.74, 6) is -1.01. The molecule has 2 aromatic rings. The molecule has 1 atom stereocenters. The standard InChI is InChI=1S/C20H25N3O8S2/c1-14(23-33(28,29)18-9-5-16(30-2)6-10-18)20(25)31-13-19(24)22-12-11-15-3-7-17(8-4-15)32(21,26)27/h3-10,14,23H,11-13H2,1-2H3,(H,22,24)(H2,21,26,27)/t14-/m0/s1. The number of sulfonamides is 2. The Morgan fingerprint density at radius 2 is 1.55 bits per heavy atom. The fourth-order valence-electron chi connectivity index (χ4n) is 2.61. The normalized spacial score (nSPS) is 12.6. The summed E-state index contributed by atoms with van der Waals surface area (Å²) in [6.07, 6.45) is 0.405. The second-order valence-electron chi connectivity index (χ2n) is 6.92. The van der Waals surface area contributed by atoms with Gasteiger partial charge in [0.05, 0.1) is 16.9 Å². The highest BCUT2D eigenvalue weighted by Gasteiger charge is 2.23. The molecule has 0 saturated carbocycles. The van der Waals surface area contributed by atoms with E-state index in [9.17, 15) is 26.4 Å². The second kappa shape index (κ2) is 11.2. The average Bonchev–Trinajstić information content (AvgIpc) is 2.77. The van der Waals surface area contributed by atoms with Gasteiger partial charge in [0.2, 0.25) is 20.0 Å². The van der Waals surface area contributed by atoms with Crippen LogP contribution < -0.4 is 19.9 Å². The third-order valence-corrected chi connectivity index (χ3v) is 6.87. The van der Waals surface area contributed by atoms with Crippen LogP contribution in [0.2, 0.25) is 0 Å². The van der Waals surface area contributed by atoms with Crippen molar-refractivity contribution in [1.82, 2.24) is 10.0 Å². The van der Waals surface area contributed by atoms with Crippen molar-refractivity contribution in [3.63, 3.8) is 0 Å². The van der Waals surface area contributed by atoms with E-state index in [-0.39, 0.29) is 16.3 Å². The molecule has 0 aliphatic rings. The zero-order valence-corrected chi connectivity index (χ0v) is 19.6. The highest BCUT2D eigenvalue weighted by atomic mass is 32.2. The molecular formula is C20H25N3O8S2. The molecule has 13 heteroatoms. The maximum atomic E-state index is 12.4. The number of hydrogen-bond acceptors (Lipinski definition) is 8. The van der Waals surface area contributed by atoms with Crippen molar-refractivity contribution in [1.29, 1.82) is 0 Å². The van der Waals surface area contributed by atoms with Crippen molar-refractivity contribution in [2.75, 3.05) is 20.3 Å².